The van der Waals surface area contributed by atoms with Crippen molar-refractivity contribution in [2.75, 3.05) is 37.7 Å². The average Bonchev–Trinajstić information content (AvgIpc) is 2.62. The Morgan fingerprint density at radius 2 is 2.00 bits per heavy atom. The van der Waals surface area contributed by atoms with E-state index in [0.29, 0.717) is 17.9 Å². The second-order valence-electron chi connectivity index (χ2n) is 5.78. The number of nitrogens with one attached hydrogen (secondary N) is 1. The maximum atomic E-state index is 11.7. The van der Waals surface area contributed by atoms with Crippen molar-refractivity contribution in [3.05, 3.63) is 36.5 Å². The summed E-state index contributed by atoms with van der Waals surface area (Å²) in [4.78, 5) is 6.71. The van der Waals surface area contributed by atoms with Crippen LogP contribution in [0.25, 0.3) is 11.1 Å². The molecule has 0 bridgehead atoms. The number of primary sulfonamides is 1. The lowest BCUT2D eigenvalue weighted by molar-refractivity contribution is 0.341. The van der Waals surface area contributed by atoms with Gasteiger partial charge in [0.15, 0.2) is 0 Å². The van der Waals surface area contributed by atoms with Crippen molar-refractivity contribution in [2.24, 2.45) is 5.14 Å². The zero-order valence-electron chi connectivity index (χ0n) is 14.1. The highest BCUT2D eigenvalue weighted by Crippen LogP contribution is 2.33. The topological polar surface area (TPSA) is 97.5 Å². The van der Waals surface area contributed by atoms with Gasteiger partial charge in [-0.05, 0) is 42.8 Å². The van der Waals surface area contributed by atoms with Crippen molar-refractivity contribution in [3.63, 3.8) is 0 Å². The van der Waals surface area contributed by atoms with Crippen LogP contribution in [0.5, 0.6) is 5.75 Å². The van der Waals surface area contributed by atoms with Gasteiger partial charge >= 0.3 is 0 Å². The predicted octanol–water partition coefficient (Wildman–Crippen LogP) is 1.20. The summed E-state index contributed by atoms with van der Waals surface area (Å²) in [5.41, 5.74) is 1.53. The normalized spacial score (nSPS) is 15.2. The summed E-state index contributed by atoms with van der Waals surface area (Å²) in [6.45, 7) is 5.96. The number of hydrogen-bond acceptors (Lipinski definition) is 6. The number of anilines is 1. The second kappa shape index (κ2) is 7.38. The molecule has 0 spiro atoms. The smallest absolute Gasteiger partial charge is 0.238 e. The molecule has 3 rings (SSSR count). The molecule has 1 saturated heterocycles. The summed E-state index contributed by atoms with van der Waals surface area (Å²) in [5.74, 6) is 1.48. The fourth-order valence-electron chi connectivity index (χ4n) is 2.85. The van der Waals surface area contributed by atoms with Crippen molar-refractivity contribution < 1.29 is 13.2 Å². The number of pyridine rings is 1. The Kier molecular flexibility index (Phi) is 5.22. The number of aromatic nitrogens is 1. The summed E-state index contributed by atoms with van der Waals surface area (Å²) >= 11 is 0. The Balaban J connectivity index is 2.04. The molecule has 8 heteroatoms. The molecule has 0 aliphatic carbocycles. The predicted molar refractivity (Wildman–Crippen MR) is 97.3 cm³/mol. The average molecular weight is 362 g/mol. The van der Waals surface area contributed by atoms with E-state index in [0.717, 1.165) is 37.6 Å². The summed E-state index contributed by atoms with van der Waals surface area (Å²) in [5, 5.41) is 8.59. The van der Waals surface area contributed by atoms with Gasteiger partial charge in [0.1, 0.15) is 11.6 Å². The Hall–Kier alpha value is -2.16. The molecule has 2 heterocycles. The first-order valence-electron chi connectivity index (χ1n) is 8.21. The van der Waals surface area contributed by atoms with Gasteiger partial charge in [0.05, 0.1) is 11.5 Å². The fourth-order valence-corrected chi connectivity index (χ4v) is 3.39. The van der Waals surface area contributed by atoms with Gasteiger partial charge in [-0.25, -0.2) is 18.5 Å². The minimum atomic E-state index is -3.79. The molecule has 1 aromatic carbocycles. The van der Waals surface area contributed by atoms with Crippen molar-refractivity contribution in [1.82, 2.24) is 10.3 Å². The number of nitrogens with two attached hydrogens (primary N) is 1. The Morgan fingerprint density at radius 1 is 1.24 bits per heavy atom. The van der Waals surface area contributed by atoms with E-state index in [9.17, 15) is 8.42 Å². The van der Waals surface area contributed by atoms with Crippen LogP contribution in [-0.4, -0.2) is 46.2 Å². The molecule has 1 fully saturated rings. The third kappa shape index (κ3) is 4.09. The largest absolute Gasteiger partial charge is 0.493 e. The lowest BCUT2D eigenvalue weighted by Crippen LogP contribution is -2.43. The van der Waals surface area contributed by atoms with Crippen LogP contribution in [0, 0.1) is 0 Å². The molecule has 1 aliphatic heterocycles. The Morgan fingerprint density at radius 3 is 2.68 bits per heavy atom. The zero-order chi connectivity index (χ0) is 17.9. The van der Waals surface area contributed by atoms with E-state index in [1.807, 2.05) is 19.1 Å². The van der Waals surface area contributed by atoms with Gasteiger partial charge in [0.2, 0.25) is 10.0 Å². The number of hydrogen-bond donors (Lipinski definition) is 2. The van der Waals surface area contributed by atoms with Crippen LogP contribution in [0.4, 0.5) is 5.82 Å². The van der Waals surface area contributed by atoms with E-state index >= 15 is 0 Å². The minimum Gasteiger partial charge on any atom is -0.493 e. The number of sulfonamides is 1. The van der Waals surface area contributed by atoms with Gasteiger partial charge < -0.3 is 15.0 Å². The third-order valence-electron chi connectivity index (χ3n) is 4.08. The van der Waals surface area contributed by atoms with E-state index in [1.165, 1.54) is 6.07 Å². The van der Waals surface area contributed by atoms with Crippen LogP contribution < -0.4 is 20.1 Å². The van der Waals surface area contributed by atoms with Crippen LogP contribution >= 0.6 is 0 Å². The number of rotatable bonds is 5. The van der Waals surface area contributed by atoms with Gasteiger partial charge in [-0.15, -0.1) is 0 Å². The molecular weight excluding hydrogens is 340 g/mol. The highest BCUT2D eigenvalue weighted by atomic mass is 32.2. The SMILES string of the molecule is CCOc1ccc(S(N)(=O)=O)cc1-c1ccnc(N2CCNCC2)c1. The summed E-state index contributed by atoms with van der Waals surface area (Å²) in [6, 6.07) is 8.45. The van der Waals surface area contributed by atoms with Gasteiger partial charge in [0, 0.05) is 37.9 Å². The second-order valence-corrected chi connectivity index (χ2v) is 7.34. The lowest BCUT2D eigenvalue weighted by Gasteiger charge is -2.28. The summed E-state index contributed by atoms with van der Waals surface area (Å²) in [6.07, 6.45) is 1.73. The molecule has 2 aromatic rings. The molecule has 0 atom stereocenters. The van der Waals surface area contributed by atoms with Crippen LogP contribution in [0.3, 0.4) is 0 Å². The molecule has 3 N–H and O–H groups in total. The molecule has 25 heavy (non-hydrogen) atoms. The standard InChI is InChI=1S/C17H22N4O3S/c1-2-24-16-4-3-14(25(18,22)23)12-15(16)13-5-6-20-17(11-13)21-9-7-19-8-10-21/h3-6,11-12,19H,2,7-10H2,1H3,(H2,18,22,23). The molecule has 0 radical (unpaired) electrons. The van der Waals surface area contributed by atoms with Gasteiger partial charge in [-0.1, -0.05) is 0 Å². The van der Waals surface area contributed by atoms with Crippen molar-refractivity contribution >= 4 is 15.8 Å². The molecule has 0 unspecified atom stereocenters. The first kappa shape index (κ1) is 17.7. The molecule has 7 nitrogen and oxygen atoms in total. The van der Waals surface area contributed by atoms with Gasteiger partial charge in [0.25, 0.3) is 0 Å². The van der Waals surface area contributed by atoms with Crippen molar-refractivity contribution in [3.8, 4) is 16.9 Å². The maximum Gasteiger partial charge on any atom is 0.238 e. The molecule has 0 amide bonds. The fraction of sp³-hybridized carbons (Fsp3) is 0.353. The van der Waals surface area contributed by atoms with E-state index in [-0.39, 0.29) is 4.90 Å². The number of piperazine rings is 1. The molecule has 1 aliphatic rings. The molecular formula is C17H22N4O3S. The van der Waals surface area contributed by atoms with Crippen molar-refractivity contribution in [2.45, 2.75) is 11.8 Å². The maximum absolute atomic E-state index is 11.7. The summed E-state index contributed by atoms with van der Waals surface area (Å²) in [7, 11) is -3.79. The van der Waals surface area contributed by atoms with Crippen LogP contribution in [0.15, 0.2) is 41.4 Å². The number of benzene rings is 1. The van der Waals surface area contributed by atoms with Crippen LogP contribution in [0.2, 0.25) is 0 Å². The van der Waals surface area contributed by atoms with Crippen LogP contribution in [-0.2, 0) is 10.0 Å². The minimum absolute atomic E-state index is 0.0616. The molecule has 1 aromatic heterocycles. The zero-order valence-corrected chi connectivity index (χ0v) is 14.9. The number of nitrogens with zero attached hydrogens (tertiary/aromatic N) is 2. The Bertz CT molecular complexity index is 849. The van der Waals surface area contributed by atoms with Gasteiger partial charge in [-0.3, -0.25) is 0 Å². The van der Waals surface area contributed by atoms with Crippen LogP contribution in [0.1, 0.15) is 6.92 Å². The first-order valence-corrected chi connectivity index (χ1v) is 9.75. The van der Waals surface area contributed by atoms with Crippen molar-refractivity contribution in [1.29, 1.82) is 0 Å². The summed E-state index contributed by atoms with van der Waals surface area (Å²) < 4.78 is 29.1. The van der Waals surface area contributed by atoms with E-state index in [2.05, 4.69) is 15.2 Å². The van der Waals surface area contributed by atoms with E-state index < -0.39 is 10.0 Å². The Labute approximate surface area is 147 Å². The highest BCUT2D eigenvalue weighted by Gasteiger charge is 2.16. The monoisotopic (exact) mass is 362 g/mol. The molecule has 0 saturated carbocycles. The lowest BCUT2D eigenvalue weighted by atomic mass is 10.1. The number of ether oxygens (including phenoxy) is 1. The van der Waals surface area contributed by atoms with E-state index in [4.69, 9.17) is 9.88 Å². The highest BCUT2D eigenvalue weighted by molar-refractivity contribution is 7.89. The molecule has 134 valence electrons. The quantitative estimate of drug-likeness (QED) is 0.830. The third-order valence-corrected chi connectivity index (χ3v) is 4.99. The van der Waals surface area contributed by atoms with E-state index in [1.54, 1.807) is 18.3 Å². The van der Waals surface area contributed by atoms with Gasteiger partial charge in [-0.2, -0.15) is 0 Å². The first-order chi connectivity index (χ1) is 12.0.